The molecule has 0 aromatic heterocycles. The third kappa shape index (κ3) is 4.85. The van der Waals surface area contributed by atoms with E-state index in [4.69, 9.17) is 9.47 Å². The molecule has 1 aromatic rings. The van der Waals surface area contributed by atoms with Gasteiger partial charge in [0.2, 0.25) is 0 Å². The van der Waals surface area contributed by atoms with Gasteiger partial charge in [-0.1, -0.05) is 12.1 Å². The van der Waals surface area contributed by atoms with Crippen molar-refractivity contribution in [3.63, 3.8) is 0 Å². The van der Waals surface area contributed by atoms with Crippen LogP contribution in [0.15, 0.2) is 23.2 Å². The summed E-state index contributed by atoms with van der Waals surface area (Å²) in [5, 5.41) is 6.52. The van der Waals surface area contributed by atoms with Crippen molar-refractivity contribution >= 4 is 17.7 Å². The SMILES string of the molecule is CN=C(NCCSC)NCc1cccc(OC)c1OC. The van der Waals surface area contributed by atoms with E-state index in [0.717, 1.165) is 35.3 Å². The number of guanidine groups is 1. The van der Waals surface area contributed by atoms with Crippen LogP contribution in [0.2, 0.25) is 0 Å². The standard InChI is InChI=1S/C14H23N3O2S/c1-15-14(16-8-9-20-4)17-10-11-6-5-7-12(18-2)13(11)19-3/h5-7H,8-10H2,1-4H3,(H2,15,16,17). The highest BCUT2D eigenvalue weighted by atomic mass is 32.2. The molecule has 6 heteroatoms. The van der Waals surface area contributed by atoms with Gasteiger partial charge in [-0.25, -0.2) is 0 Å². The van der Waals surface area contributed by atoms with Crippen molar-refractivity contribution in [3.05, 3.63) is 23.8 Å². The summed E-state index contributed by atoms with van der Waals surface area (Å²) in [6.07, 6.45) is 2.08. The number of hydrogen-bond acceptors (Lipinski definition) is 4. The van der Waals surface area contributed by atoms with Gasteiger partial charge >= 0.3 is 0 Å². The summed E-state index contributed by atoms with van der Waals surface area (Å²) in [4.78, 5) is 4.19. The van der Waals surface area contributed by atoms with Gasteiger partial charge in [0.05, 0.1) is 14.2 Å². The van der Waals surface area contributed by atoms with Crippen LogP contribution in [-0.4, -0.2) is 45.8 Å². The van der Waals surface area contributed by atoms with Crippen LogP contribution in [0.4, 0.5) is 0 Å². The fraction of sp³-hybridized carbons (Fsp3) is 0.500. The van der Waals surface area contributed by atoms with Crippen molar-refractivity contribution in [2.75, 3.05) is 39.8 Å². The van der Waals surface area contributed by atoms with E-state index in [0.29, 0.717) is 6.54 Å². The van der Waals surface area contributed by atoms with Crippen molar-refractivity contribution in [2.45, 2.75) is 6.54 Å². The molecule has 0 aliphatic carbocycles. The number of rotatable bonds is 7. The normalized spacial score (nSPS) is 11.1. The van der Waals surface area contributed by atoms with Crippen molar-refractivity contribution in [2.24, 2.45) is 4.99 Å². The number of hydrogen-bond donors (Lipinski definition) is 2. The summed E-state index contributed by atoms with van der Waals surface area (Å²) in [5.74, 6) is 3.31. The zero-order chi connectivity index (χ0) is 14.8. The number of benzene rings is 1. The maximum atomic E-state index is 5.40. The van der Waals surface area contributed by atoms with Crippen LogP contribution in [0, 0.1) is 0 Å². The maximum Gasteiger partial charge on any atom is 0.191 e. The van der Waals surface area contributed by atoms with Crippen LogP contribution in [0.5, 0.6) is 11.5 Å². The van der Waals surface area contributed by atoms with E-state index in [9.17, 15) is 0 Å². The predicted octanol–water partition coefficient (Wildman–Crippen LogP) is 1.73. The fourth-order valence-corrected chi connectivity index (χ4v) is 2.07. The Kier molecular flexibility index (Phi) is 7.72. The van der Waals surface area contributed by atoms with Crippen molar-refractivity contribution < 1.29 is 9.47 Å². The zero-order valence-corrected chi connectivity index (χ0v) is 13.3. The molecule has 5 nitrogen and oxygen atoms in total. The van der Waals surface area contributed by atoms with Crippen molar-refractivity contribution in [3.8, 4) is 11.5 Å². The van der Waals surface area contributed by atoms with Gasteiger partial charge in [0.1, 0.15) is 0 Å². The molecule has 1 rings (SSSR count). The lowest BCUT2D eigenvalue weighted by atomic mass is 10.2. The van der Waals surface area contributed by atoms with Gasteiger partial charge in [-0.3, -0.25) is 4.99 Å². The molecule has 0 aliphatic rings. The molecule has 20 heavy (non-hydrogen) atoms. The maximum absolute atomic E-state index is 5.40. The lowest BCUT2D eigenvalue weighted by molar-refractivity contribution is 0.351. The molecule has 0 aliphatic heterocycles. The van der Waals surface area contributed by atoms with Crippen LogP contribution >= 0.6 is 11.8 Å². The topological polar surface area (TPSA) is 54.9 Å². The number of aliphatic imine (C=N–C) groups is 1. The lowest BCUT2D eigenvalue weighted by Gasteiger charge is -2.15. The highest BCUT2D eigenvalue weighted by Gasteiger charge is 2.09. The third-order valence-corrected chi connectivity index (χ3v) is 3.37. The average Bonchev–Trinajstić information content (AvgIpc) is 2.50. The lowest BCUT2D eigenvalue weighted by Crippen LogP contribution is -2.38. The minimum atomic E-state index is 0.624. The van der Waals surface area contributed by atoms with Gasteiger partial charge in [-0.15, -0.1) is 0 Å². The van der Waals surface area contributed by atoms with E-state index in [2.05, 4.69) is 21.9 Å². The molecule has 2 N–H and O–H groups in total. The molecule has 0 bridgehead atoms. The number of nitrogens with one attached hydrogen (secondary N) is 2. The third-order valence-electron chi connectivity index (χ3n) is 2.75. The van der Waals surface area contributed by atoms with E-state index >= 15 is 0 Å². The second-order valence-electron chi connectivity index (χ2n) is 4.00. The first-order valence-corrected chi connectivity index (χ1v) is 7.79. The molecule has 0 fully saturated rings. The van der Waals surface area contributed by atoms with Gasteiger partial charge in [-0.2, -0.15) is 11.8 Å². The summed E-state index contributed by atoms with van der Waals surface area (Å²) in [5.41, 5.74) is 1.03. The summed E-state index contributed by atoms with van der Waals surface area (Å²) >= 11 is 1.80. The van der Waals surface area contributed by atoms with Gasteiger partial charge < -0.3 is 20.1 Å². The van der Waals surface area contributed by atoms with Crippen LogP contribution in [0.25, 0.3) is 0 Å². The Morgan fingerprint density at radius 2 is 2.05 bits per heavy atom. The fourth-order valence-electron chi connectivity index (χ4n) is 1.76. The van der Waals surface area contributed by atoms with E-state index < -0.39 is 0 Å². The molecule has 0 atom stereocenters. The minimum Gasteiger partial charge on any atom is -0.493 e. The number of para-hydroxylation sites is 1. The molecule has 112 valence electrons. The van der Waals surface area contributed by atoms with Crippen LogP contribution in [0.1, 0.15) is 5.56 Å². The molecular weight excluding hydrogens is 274 g/mol. The Morgan fingerprint density at radius 1 is 1.25 bits per heavy atom. The molecule has 0 heterocycles. The Hall–Kier alpha value is -1.56. The Labute approximate surface area is 125 Å². The second kappa shape index (κ2) is 9.36. The average molecular weight is 297 g/mol. The first-order valence-electron chi connectivity index (χ1n) is 6.40. The highest BCUT2D eigenvalue weighted by Crippen LogP contribution is 2.30. The number of methoxy groups -OCH3 is 2. The van der Waals surface area contributed by atoms with E-state index in [1.165, 1.54) is 0 Å². The Bertz CT molecular complexity index is 438. The van der Waals surface area contributed by atoms with Crippen LogP contribution < -0.4 is 20.1 Å². The summed E-state index contributed by atoms with van der Waals surface area (Å²) in [6.45, 7) is 1.51. The van der Waals surface area contributed by atoms with Gasteiger partial charge in [0, 0.05) is 31.5 Å². The van der Waals surface area contributed by atoms with Gasteiger partial charge in [-0.05, 0) is 12.3 Å². The summed E-state index contributed by atoms with van der Waals surface area (Å²) in [6, 6.07) is 5.83. The van der Waals surface area contributed by atoms with Crippen LogP contribution in [-0.2, 0) is 6.54 Å². The van der Waals surface area contributed by atoms with Gasteiger partial charge in [0.15, 0.2) is 17.5 Å². The minimum absolute atomic E-state index is 0.624. The summed E-state index contributed by atoms with van der Waals surface area (Å²) in [7, 11) is 5.04. The summed E-state index contributed by atoms with van der Waals surface area (Å²) < 4.78 is 10.7. The van der Waals surface area contributed by atoms with E-state index in [1.54, 1.807) is 33.0 Å². The van der Waals surface area contributed by atoms with E-state index in [1.807, 2.05) is 18.2 Å². The predicted molar refractivity (Wildman–Crippen MR) is 86.1 cm³/mol. The quantitative estimate of drug-likeness (QED) is 0.456. The Morgan fingerprint density at radius 3 is 2.65 bits per heavy atom. The molecule has 1 aromatic carbocycles. The molecular formula is C14H23N3O2S. The van der Waals surface area contributed by atoms with Crippen molar-refractivity contribution in [1.29, 1.82) is 0 Å². The number of thioether (sulfide) groups is 1. The number of ether oxygens (including phenoxy) is 2. The monoisotopic (exact) mass is 297 g/mol. The van der Waals surface area contributed by atoms with Gasteiger partial charge in [0.25, 0.3) is 0 Å². The number of nitrogens with zero attached hydrogens (tertiary/aromatic N) is 1. The first-order chi connectivity index (χ1) is 9.76. The largest absolute Gasteiger partial charge is 0.493 e. The van der Waals surface area contributed by atoms with Crippen LogP contribution in [0.3, 0.4) is 0 Å². The molecule has 0 saturated carbocycles. The highest BCUT2D eigenvalue weighted by molar-refractivity contribution is 7.98. The van der Waals surface area contributed by atoms with E-state index in [-0.39, 0.29) is 0 Å². The second-order valence-corrected chi connectivity index (χ2v) is 4.98. The molecule has 0 radical (unpaired) electrons. The molecule has 0 saturated heterocycles. The molecule has 0 amide bonds. The molecule has 0 spiro atoms. The first kappa shape index (κ1) is 16.5. The smallest absolute Gasteiger partial charge is 0.191 e. The Balaban J connectivity index is 2.64. The molecule has 0 unspecified atom stereocenters. The zero-order valence-electron chi connectivity index (χ0n) is 12.5. The van der Waals surface area contributed by atoms with Crippen molar-refractivity contribution in [1.82, 2.24) is 10.6 Å².